The molecule has 0 spiro atoms. The van der Waals surface area contributed by atoms with Crippen molar-refractivity contribution < 1.29 is 13.2 Å². The fraction of sp³-hybridized carbons (Fsp3) is 0.526. The minimum atomic E-state index is -3.28. The second-order valence-electron chi connectivity index (χ2n) is 7.32. The molecule has 2 unspecified atom stereocenters. The first-order valence-electron chi connectivity index (χ1n) is 8.33. The molecule has 0 N–H and O–H groups in total. The van der Waals surface area contributed by atoms with Gasteiger partial charge >= 0.3 is 0 Å². The quantitative estimate of drug-likeness (QED) is 0.845. The molecule has 0 aliphatic heterocycles. The zero-order valence-corrected chi connectivity index (χ0v) is 14.6. The maximum absolute atomic E-state index is 12.6. The van der Waals surface area contributed by atoms with Crippen molar-refractivity contribution in [2.45, 2.75) is 38.0 Å². The summed E-state index contributed by atoms with van der Waals surface area (Å²) in [6.07, 6.45) is 6.39. The maximum Gasteiger partial charge on any atom is 0.178 e. The minimum absolute atomic E-state index is 0.0505. The summed E-state index contributed by atoms with van der Waals surface area (Å²) in [5.74, 6) is 0.773. The molecule has 1 fully saturated rings. The Kier molecular flexibility index (Phi) is 4.21. The Labute approximate surface area is 138 Å². The monoisotopic (exact) mass is 332 g/mol. The smallest absolute Gasteiger partial charge is 0.178 e. The number of fused-ring (bicyclic) bond motifs is 1. The molecule has 124 valence electrons. The van der Waals surface area contributed by atoms with Gasteiger partial charge in [-0.2, -0.15) is 0 Å². The predicted octanol–water partition coefficient (Wildman–Crippen LogP) is 3.66. The summed E-state index contributed by atoms with van der Waals surface area (Å²) in [6.45, 7) is 4.20. The molecule has 2 aliphatic carbocycles. The molecular formula is C19H24O3S. The van der Waals surface area contributed by atoms with Crippen molar-refractivity contribution in [1.29, 1.82) is 0 Å². The molecular weight excluding hydrogens is 308 g/mol. The van der Waals surface area contributed by atoms with Crippen LogP contribution in [0.2, 0.25) is 0 Å². The Bertz CT molecular complexity index is 720. The standard InChI is InChI=1S/C19H24O3S/c1-14(13-23(21,22)15-7-4-3-5-8-15)16-10-11-17-18(20)9-6-12-19(16,17)2/h3-9,14,16-17H,10-13H2,1-2H3/t14-,16?,17?,19-/m1/s1. The van der Waals surface area contributed by atoms with Crippen LogP contribution in [-0.2, 0) is 14.6 Å². The van der Waals surface area contributed by atoms with Gasteiger partial charge in [0.1, 0.15) is 0 Å². The van der Waals surface area contributed by atoms with Gasteiger partial charge in [-0.3, -0.25) is 4.79 Å². The highest BCUT2D eigenvalue weighted by molar-refractivity contribution is 7.91. The number of carbonyl (C=O) groups is 1. The van der Waals surface area contributed by atoms with Crippen LogP contribution in [-0.4, -0.2) is 20.0 Å². The molecule has 1 aromatic carbocycles. The van der Waals surface area contributed by atoms with E-state index in [-0.39, 0.29) is 34.7 Å². The summed E-state index contributed by atoms with van der Waals surface area (Å²) >= 11 is 0. The molecule has 4 heteroatoms. The number of ketones is 1. The number of rotatable bonds is 4. The van der Waals surface area contributed by atoms with Gasteiger partial charge < -0.3 is 0 Å². The van der Waals surface area contributed by atoms with Gasteiger partial charge in [0.15, 0.2) is 15.6 Å². The first-order valence-corrected chi connectivity index (χ1v) is 9.98. The fourth-order valence-corrected chi connectivity index (χ4v) is 6.38. The van der Waals surface area contributed by atoms with Gasteiger partial charge in [-0.15, -0.1) is 0 Å². The van der Waals surface area contributed by atoms with Crippen LogP contribution >= 0.6 is 0 Å². The van der Waals surface area contributed by atoms with Crippen LogP contribution in [0.3, 0.4) is 0 Å². The van der Waals surface area contributed by atoms with E-state index in [9.17, 15) is 13.2 Å². The lowest BCUT2D eigenvalue weighted by molar-refractivity contribution is -0.122. The topological polar surface area (TPSA) is 51.2 Å². The number of allylic oxidation sites excluding steroid dienone is 2. The van der Waals surface area contributed by atoms with Crippen LogP contribution < -0.4 is 0 Å². The van der Waals surface area contributed by atoms with Crippen molar-refractivity contribution in [3.8, 4) is 0 Å². The molecule has 3 nitrogen and oxygen atoms in total. The number of sulfone groups is 1. The molecule has 2 aliphatic rings. The van der Waals surface area contributed by atoms with E-state index in [2.05, 4.69) is 6.92 Å². The van der Waals surface area contributed by atoms with Crippen molar-refractivity contribution in [2.75, 3.05) is 5.75 Å². The van der Waals surface area contributed by atoms with E-state index in [1.807, 2.05) is 19.1 Å². The third-order valence-corrected chi connectivity index (χ3v) is 7.82. The molecule has 3 rings (SSSR count). The van der Waals surface area contributed by atoms with Gasteiger partial charge in [-0.25, -0.2) is 8.42 Å². The Balaban J connectivity index is 1.80. The summed E-state index contributed by atoms with van der Waals surface area (Å²) in [7, 11) is -3.28. The third-order valence-electron chi connectivity index (χ3n) is 5.86. The molecule has 1 aromatic rings. The summed E-state index contributed by atoms with van der Waals surface area (Å²) < 4.78 is 25.3. The van der Waals surface area contributed by atoms with E-state index < -0.39 is 9.84 Å². The molecule has 4 atom stereocenters. The summed E-state index contributed by atoms with van der Waals surface area (Å²) in [4.78, 5) is 12.5. The summed E-state index contributed by atoms with van der Waals surface area (Å²) in [5, 5.41) is 0. The SMILES string of the molecule is C[C@H](CS(=O)(=O)c1ccccc1)C1CCC2C(=O)C=CC[C@@]21C. The summed E-state index contributed by atoms with van der Waals surface area (Å²) in [6, 6.07) is 8.66. The molecule has 0 bridgehead atoms. The highest BCUT2D eigenvalue weighted by Gasteiger charge is 2.51. The van der Waals surface area contributed by atoms with Crippen LogP contribution in [0, 0.1) is 23.2 Å². The largest absolute Gasteiger partial charge is 0.295 e. The van der Waals surface area contributed by atoms with Crippen LogP contribution in [0.1, 0.15) is 33.1 Å². The molecule has 0 heterocycles. The van der Waals surface area contributed by atoms with E-state index in [4.69, 9.17) is 0 Å². The van der Waals surface area contributed by atoms with Crippen molar-refractivity contribution in [1.82, 2.24) is 0 Å². The molecule has 0 radical (unpaired) electrons. The van der Waals surface area contributed by atoms with E-state index >= 15 is 0 Å². The lowest BCUT2D eigenvalue weighted by Gasteiger charge is -2.40. The van der Waals surface area contributed by atoms with Crippen LogP contribution in [0.4, 0.5) is 0 Å². The third kappa shape index (κ3) is 2.89. The van der Waals surface area contributed by atoms with Crippen molar-refractivity contribution in [3.63, 3.8) is 0 Å². The van der Waals surface area contributed by atoms with Crippen molar-refractivity contribution in [2.24, 2.45) is 23.2 Å². The minimum Gasteiger partial charge on any atom is -0.295 e. The Morgan fingerprint density at radius 2 is 1.91 bits per heavy atom. The highest BCUT2D eigenvalue weighted by Crippen LogP contribution is 2.55. The van der Waals surface area contributed by atoms with Crippen molar-refractivity contribution >= 4 is 15.6 Å². The van der Waals surface area contributed by atoms with Gasteiger partial charge in [0.2, 0.25) is 0 Å². The fourth-order valence-electron chi connectivity index (χ4n) is 4.69. The lowest BCUT2D eigenvalue weighted by Crippen LogP contribution is -2.38. The average molecular weight is 332 g/mol. The number of benzene rings is 1. The normalized spacial score (nSPS) is 31.8. The molecule has 0 aromatic heterocycles. The number of carbonyl (C=O) groups excluding carboxylic acids is 1. The van der Waals surface area contributed by atoms with E-state index in [1.54, 1.807) is 30.3 Å². The van der Waals surface area contributed by atoms with Gasteiger partial charge in [-0.1, -0.05) is 38.1 Å². The van der Waals surface area contributed by atoms with Gasteiger partial charge in [0.25, 0.3) is 0 Å². The van der Waals surface area contributed by atoms with Crippen LogP contribution in [0.25, 0.3) is 0 Å². The van der Waals surface area contributed by atoms with E-state index in [1.165, 1.54) is 0 Å². The Morgan fingerprint density at radius 3 is 2.61 bits per heavy atom. The van der Waals surface area contributed by atoms with Crippen LogP contribution in [0.15, 0.2) is 47.4 Å². The predicted molar refractivity (Wildman–Crippen MR) is 90.7 cm³/mol. The number of hydrogen-bond donors (Lipinski definition) is 0. The molecule has 0 amide bonds. The maximum atomic E-state index is 12.6. The Hall–Kier alpha value is -1.42. The highest BCUT2D eigenvalue weighted by atomic mass is 32.2. The molecule has 23 heavy (non-hydrogen) atoms. The van der Waals surface area contributed by atoms with E-state index in [0.717, 1.165) is 19.3 Å². The van der Waals surface area contributed by atoms with Gasteiger partial charge in [0, 0.05) is 5.92 Å². The first kappa shape index (κ1) is 16.4. The van der Waals surface area contributed by atoms with Gasteiger partial charge in [-0.05, 0) is 54.7 Å². The van der Waals surface area contributed by atoms with Crippen molar-refractivity contribution in [3.05, 3.63) is 42.5 Å². The lowest BCUT2D eigenvalue weighted by atomic mass is 9.64. The second-order valence-corrected chi connectivity index (χ2v) is 9.36. The Morgan fingerprint density at radius 1 is 1.22 bits per heavy atom. The van der Waals surface area contributed by atoms with Crippen LogP contribution in [0.5, 0.6) is 0 Å². The van der Waals surface area contributed by atoms with E-state index in [0.29, 0.717) is 4.90 Å². The summed E-state index contributed by atoms with van der Waals surface area (Å²) in [5.41, 5.74) is -0.0859. The first-order chi connectivity index (χ1) is 10.8. The molecule has 1 saturated carbocycles. The zero-order chi connectivity index (χ0) is 16.7. The average Bonchev–Trinajstić information content (AvgIpc) is 2.86. The second kappa shape index (κ2) is 5.90. The zero-order valence-electron chi connectivity index (χ0n) is 13.7. The number of hydrogen-bond acceptors (Lipinski definition) is 3. The van der Waals surface area contributed by atoms with Gasteiger partial charge in [0.05, 0.1) is 10.6 Å². The molecule has 0 saturated heterocycles.